The van der Waals surface area contributed by atoms with Crippen molar-refractivity contribution in [2.24, 2.45) is 5.92 Å². The van der Waals surface area contributed by atoms with Gasteiger partial charge in [-0.2, -0.15) is 28.3 Å². The van der Waals surface area contributed by atoms with Crippen LogP contribution in [0.3, 0.4) is 0 Å². The molecule has 0 nitrogen and oxygen atoms in total. The zero-order valence-corrected chi connectivity index (χ0v) is 20.0. The van der Waals surface area contributed by atoms with E-state index in [0.29, 0.717) is 5.92 Å². The molecule has 22 heavy (non-hydrogen) atoms. The Balaban J connectivity index is -0.000000249. The minimum atomic E-state index is 0. The first-order chi connectivity index (χ1) is 9.13. The molecule has 0 aliphatic heterocycles. The molecule has 1 aromatic rings. The Morgan fingerprint density at radius 3 is 1.64 bits per heavy atom. The number of allylic oxidation sites excluding steroid dienone is 4. The molecule has 1 aliphatic rings. The van der Waals surface area contributed by atoms with Gasteiger partial charge in [0.05, 0.1) is 0 Å². The largest absolute Gasteiger partial charge is 1.00 e. The summed E-state index contributed by atoms with van der Waals surface area (Å²) >= 11 is 1.74. The maximum absolute atomic E-state index is 3.29. The molecule has 0 N–H and O–H groups in total. The van der Waals surface area contributed by atoms with Crippen LogP contribution in [0.1, 0.15) is 37.5 Å². The van der Waals surface area contributed by atoms with Crippen molar-refractivity contribution in [3.8, 4) is 0 Å². The maximum Gasteiger partial charge on any atom is -0.0632 e. The van der Waals surface area contributed by atoms with Gasteiger partial charge in [-0.3, -0.25) is 6.08 Å². The Bertz CT molecular complexity index is 490. The Morgan fingerprint density at radius 2 is 1.55 bits per heavy atom. The second-order valence-corrected chi connectivity index (χ2v) is 15.2. The molecule has 124 valence electrons. The van der Waals surface area contributed by atoms with E-state index in [2.05, 4.69) is 78.9 Å². The van der Waals surface area contributed by atoms with Gasteiger partial charge in [-0.15, -0.1) is 0 Å². The molecule has 0 amide bonds. The van der Waals surface area contributed by atoms with Crippen molar-refractivity contribution in [1.82, 2.24) is 0 Å². The summed E-state index contributed by atoms with van der Waals surface area (Å²) in [7, 11) is 0. The smallest absolute Gasteiger partial charge is 0.0632 e. The van der Waals surface area contributed by atoms with Gasteiger partial charge in [-0.1, -0.05) is 47.5 Å². The van der Waals surface area contributed by atoms with Gasteiger partial charge in [0.15, 0.2) is 0 Å². The summed E-state index contributed by atoms with van der Waals surface area (Å²) in [5.41, 5.74) is 7.12. The Labute approximate surface area is 165 Å². The molecule has 0 heterocycles. The molecule has 2 rings (SSSR count). The van der Waals surface area contributed by atoms with Crippen LogP contribution in [0, 0.1) is 32.8 Å². The van der Waals surface area contributed by atoms with Gasteiger partial charge in [0.2, 0.25) is 0 Å². The van der Waals surface area contributed by atoms with Crippen LogP contribution in [-0.4, -0.2) is 5.43 Å². The van der Waals surface area contributed by atoms with Gasteiger partial charge in [0, 0.05) is 0 Å². The quantitative estimate of drug-likeness (QED) is 0.380. The number of aryl methyl sites for hydroxylation is 3. The van der Waals surface area contributed by atoms with Crippen molar-refractivity contribution in [2.75, 3.05) is 0 Å². The molecular formula is C18H28Cl2SiZr-2. The summed E-state index contributed by atoms with van der Waals surface area (Å²) in [6, 6.07) is 4.41. The maximum atomic E-state index is 3.29. The van der Waals surface area contributed by atoms with Crippen LogP contribution in [-0.2, 0) is 23.3 Å². The zero-order chi connectivity index (χ0) is 15.9. The van der Waals surface area contributed by atoms with Crippen molar-refractivity contribution in [2.45, 2.75) is 54.6 Å². The molecule has 0 radical (unpaired) electrons. The normalized spacial score (nSPS) is 14.9. The molecule has 0 saturated heterocycles. The van der Waals surface area contributed by atoms with E-state index >= 15 is 0 Å². The van der Waals surface area contributed by atoms with Crippen LogP contribution < -0.4 is 24.8 Å². The summed E-state index contributed by atoms with van der Waals surface area (Å²) in [4.78, 5) is 0. The van der Waals surface area contributed by atoms with Crippen molar-refractivity contribution in [3.63, 3.8) is 0 Å². The topological polar surface area (TPSA) is 0 Å². The summed E-state index contributed by atoms with van der Waals surface area (Å²) in [5, 5.41) is 0. The second kappa shape index (κ2) is 13.9. The van der Waals surface area contributed by atoms with E-state index in [1.165, 1.54) is 27.8 Å². The standard InChI is InChI=1S/2C8H11.C2H6Si.2ClH.Zr/c2*1-6-4-7(2)8(3)5-6;1-3-2;;;/h4,8H,1-3H3;4-5H,1-3H3;1-2H3;2*1H;/q2*-1;;;;+2/p-2. The van der Waals surface area contributed by atoms with Gasteiger partial charge in [0.1, 0.15) is 0 Å². The van der Waals surface area contributed by atoms with Crippen LogP contribution in [0.2, 0.25) is 13.1 Å². The molecular weight excluding hydrogens is 406 g/mol. The summed E-state index contributed by atoms with van der Waals surface area (Å²) in [6.45, 7) is 17.4. The van der Waals surface area contributed by atoms with Gasteiger partial charge < -0.3 is 24.8 Å². The van der Waals surface area contributed by atoms with Crippen molar-refractivity contribution in [1.29, 1.82) is 0 Å². The Kier molecular flexibility index (Phi) is 17.3. The molecule has 0 spiro atoms. The first-order valence-electron chi connectivity index (χ1n) is 7.14. The SMILES string of the molecule is CC1=[C-]C(C)C(C)=C1.C[Si](C)=[Zr+2].Cc1cc(C)c(C)[cH-]1.[Cl-].[Cl-]. The van der Waals surface area contributed by atoms with E-state index in [4.69, 9.17) is 0 Å². The van der Waals surface area contributed by atoms with Crippen LogP contribution in [0.25, 0.3) is 0 Å². The van der Waals surface area contributed by atoms with E-state index in [0.717, 1.165) is 0 Å². The van der Waals surface area contributed by atoms with Gasteiger partial charge in [-0.05, 0) is 0 Å². The van der Waals surface area contributed by atoms with Crippen LogP contribution >= 0.6 is 0 Å². The molecule has 1 aromatic carbocycles. The van der Waals surface area contributed by atoms with Crippen molar-refractivity contribution >= 4 is 5.43 Å². The molecule has 1 aliphatic carbocycles. The predicted octanol–water partition coefficient (Wildman–Crippen LogP) is -0.545. The van der Waals surface area contributed by atoms with Crippen LogP contribution in [0.5, 0.6) is 0 Å². The first kappa shape index (κ1) is 27.4. The third-order valence-corrected chi connectivity index (χ3v) is 3.08. The number of hydrogen-bond donors (Lipinski definition) is 0. The minimum Gasteiger partial charge on any atom is -1.00 e. The van der Waals surface area contributed by atoms with E-state index in [1.807, 2.05) is 0 Å². The third-order valence-electron chi connectivity index (χ3n) is 3.08. The fourth-order valence-electron chi connectivity index (χ4n) is 1.92. The fraction of sp³-hybridized carbons (Fsp3) is 0.500. The number of hydrogen-bond acceptors (Lipinski definition) is 0. The predicted molar refractivity (Wildman–Crippen MR) is 89.1 cm³/mol. The van der Waals surface area contributed by atoms with E-state index in [-0.39, 0.29) is 30.2 Å². The van der Waals surface area contributed by atoms with Gasteiger partial charge >= 0.3 is 41.9 Å². The van der Waals surface area contributed by atoms with Crippen LogP contribution in [0.4, 0.5) is 0 Å². The molecule has 0 saturated carbocycles. The van der Waals surface area contributed by atoms with E-state index < -0.39 is 0 Å². The van der Waals surface area contributed by atoms with E-state index in [9.17, 15) is 0 Å². The zero-order valence-electron chi connectivity index (χ0n) is 15.1. The molecule has 4 heteroatoms. The second-order valence-electron chi connectivity index (χ2n) is 5.84. The average Bonchev–Trinajstić information content (AvgIpc) is 2.70. The molecule has 0 aromatic heterocycles. The molecule has 0 bridgehead atoms. The summed E-state index contributed by atoms with van der Waals surface area (Å²) < 4.78 is 0. The van der Waals surface area contributed by atoms with Gasteiger partial charge in [-0.25, -0.2) is 17.7 Å². The molecule has 1 unspecified atom stereocenters. The van der Waals surface area contributed by atoms with Crippen LogP contribution in [0.15, 0.2) is 29.4 Å². The van der Waals surface area contributed by atoms with Crippen molar-refractivity contribution < 1.29 is 48.1 Å². The third kappa shape index (κ3) is 13.0. The summed E-state index contributed by atoms with van der Waals surface area (Å²) in [5.74, 6) is 0.565. The average molecular weight is 435 g/mol. The van der Waals surface area contributed by atoms with Gasteiger partial charge in [0.25, 0.3) is 0 Å². The monoisotopic (exact) mass is 432 g/mol. The Morgan fingerprint density at radius 1 is 1.09 bits per heavy atom. The molecule has 0 fully saturated rings. The molecule has 1 atom stereocenters. The number of halogens is 2. The fourth-order valence-corrected chi connectivity index (χ4v) is 1.92. The van der Waals surface area contributed by atoms with Crippen molar-refractivity contribution in [3.05, 3.63) is 52.1 Å². The minimum absolute atomic E-state index is 0. The number of rotatable bonds is 0. The van der Waals surface area contributed by atoms with E-state index in [1.54, 1.807) is 23.3 Å². The Hall–Kier alpha value is 0.510. The first-order valence-corrected chi connectivity index (χ1v) is 13.3. The summed E-state index contributed by atoms with van der Waals surface area (Å²) in [6.07, 6.45) is 5.48.